The van der Waals surface area contributed by atoms with Crippen LogP contribution in [0.4, 0.5) is 0 Å². The molecule has 2 aromatic rings. The molecule has 0 aliphatic carbocycles. The molecule has 2 aromatic carbocycles. The minimum Gasteiger partial charge on any atom is -0.492 e. The molecule has 0 aromatic heterocycles. The third kappa shape index (κ3) is 6.29. The molecule has 0 radical (unpaired) electrons. The van der Waals surface area contributed by atoms with E-state index in [0.29, 0.717) is 29.5 Å². The molecular weight excluding hydrogens is 364 g/mol. The van der Waals surface area contributed by atoms with Gasteiger partial charge in [0, 0.05) is 17.6 Å². The molecule has 1 atom stereocenters. The zero-order valence-corrected chi connectivity index (χ0v) is 16.6. The Morgan fingerprint density at radius 1 is 1.07 bits per heavy atom. The largest absolute Gasteiger partial charge is 0.492 e. The first-order chi connectivity index (χ1) is 12.9. The van der Waals surface area contributed by atoms with Crippen molar-refractivity contribution in [1.29, 1.82) is 0 Å². The number of halogens is 1. The van der Waals surface area contributed by atoms with Gasteiger partial charge in [-0.3, -0.25) is 9.59 Å². The molecular formula is C21H25ClN2O3. The fourth-order valence-electron chi connectivity index (χ4n) is 2.51. The quantitative estimate of drug-likeness (QED) is 0.751. The number of nitrogens with zero attached hydrogens (tertiary/aromatic N) is 1. The van der Waals surface area contributed by atoms with Crippen molar-refractivity contribution in [3.05, 3.63) is 65.2 Å². The molecule has 0 bridgehead atoms. The average molecular weight is 389 g/mol. The third-order valence-corrected chi connectivity index (χ3v) is 4.39. The van der Waals surface area contributed by atoms with E-state index in [1.807, 2.05) is 19.9 Å². The van der Waals surface area contributed by atoms with Crippen molar-refractivity contribution in [2.24, 2.45) is 5.92 Å². The van der Waals surface area contributed by atoms with Gasteiger partial charge in [-0.15, -0.1) is 0 Å². The summed E-state index contributed by atoms with van der Waals surface area (Å²) in [6.45, 7) is 4.57. The maximum absolute atomic E-state index is 12.8. The van der Waals surface area contributed by atoms with Crippen molar-refractivity contribution in [2.75, 3.05) is 20.2 Å². The van der Waals surface area contributed by atoms with Gasteiger partial charge in [0.1, 0.15) is 18.4 Å². The molecule has 1 N–H and O–H groups in total. The standard InChI is InChI=1S/C21H25ClN2O3/c1-15(2)19(23-20(25)16-7-5-4-6-8-16)21(26)24(3)13-14-27-18-11-9-17(22)10-12-18/h4-12,15,19H,13-14H2,1-3H3,(H,23,25). The summed E-state index contributed by atoms with van der Waals surface area (Å²) in [7, 11) is 1.71. The number of likely N-dealkylation sites (N-methyl/N-ethyl adjacent to an activating group) is 1. The summed E-state index contributed by atoms with van der Waals surface area (Å²) in [5, 5.41) is 3.48. The van der Waals surface area contributed by atoms with Gasteiger partial charge in [0.15, 0.2) is 0 Å². The second-order valence-electron chi connectivity index (χ2n) is 6.62. The van der Waals surface area contributed by atoms with Gasteiger partial charge in [0.25, 0.3) is 5.91 Å². The second kappa shape index (κ2) is 9.97. The Hall–Kier alpha value is -2.53. The van der Waals surface area contributed by atoms with Gasteiger partial charge in [0.2, 0.25) is 5.91 Å². The van der Waals surface area contributed by atoms with E-state index in [2.05, 4.69) is 5.32 Å². The molecule has 6 heteroatoms. The first-order valence-corrected chi connectivity index (χ1v) is 9.25. The smallest absolute Gasteiger partial charge is 0.251 e. The lowest BCUT2D eigenvalue weighted by molar-refractivity contribution is -0.133. The number of ether oxygens (including phenoxy) is 1. The molecule has 0 heterocycles. The van der Waals surface area contributed by atoms with Crippen molar-refractivity contribution in [2.45, 2.75) is 19.9 Å². The van der Waals surface area contributed by atoms with Crippen LogP contribution in [-0.4, -0.2) is 43.0 Å². The molecule has 5 nitrogen and oxygen atoms in total. The molecule has 0 aliphatic rings. The summed E-state index contributed by atoms with van der Waals surface area (Å²) in [6, 6.07) is 15.3. The van der Waals surface area contributed by atoms with Gasteiger partial charge in [-0.05, 0) is 42.3 Å². The van der Waals surface area contributed by atoms with E-state index in [0.717, 1.165) is 0 Å². The van der Waals surface area contributed by atoms with Crippen LogP contribution in [0.25, 0.3) is 0 Å². The van der Waals surface area contributed by atoms with E-state index in [9.17, 15) is 9.59 Å². The zero-order chi connectivity index (χ0) is 19.8. The minimum atomic E-state index is -0.599. The van der Waals surface area contributed by atoms with E-state index < -0.39 is 6.04 Å². The van der Waals surface area contributed by atoms with E-state index in [-0.39, 0.29) is 17.7 Å². The lowest BCUT2D eigenvalue weighted by Crippen LogP contribution is -2.50. The number of nitrogens with one attached hydrogen (secondary N) is 1. The zero-order valence-electron chi connectivity index (χ0n) is 15.8. The van der Waals surface area contributed by atoms with E-state index in [4.69, 9.17) is 16.3 Å². The van der Waals surface area contributed by atoms with Gasteiger partial charge in [0.05, 0.1) is 6.54 Å². The summed E-state index contributed by atoms with van der Waals surface area (Å²) in [5.74, 6) is 0.255. The van der Waals surface area contributed by atoms with Gasteiger partial charge < -0.3 is 15.0 Å². The van der Waals surface area contributed by atoms with Crippen LogP contribution >= 0.6 is 11.6 Å². The number of benzene rings is 2. The highest BCUT2D eigenvalue weighted by Crippen LogP contribution is 2.15. The van der Waals surface area contributed by atoms with Gasteiger partial charge >= 0.3 is 0 Å². The number of amides is 2. The Morgan fingerprint density at radius 3 is 2.30 bits per heavy atom. The number of carbonyl (C=O) groups excluding carboxylic acids is 2. The van der Waals surface area contributed by atoms with Crippen molar-refractivity contribution in [3.63, 3.8) is 0 Å². The fourth-order valence-corrected chi connectivity index (χ4v) is 2.63. The predicted octanol–water partition coefficient (Wildman–Crippen LogP) is 3.63. The summed E-state index contributed by atoms with van der Waals surface area (Å²) >= 11 is 5.85. The van der Waals surface area contributed by atoms with Crippen LogP contribution in [0.5, 0.6) is 5.75 Å². The first kappa shape index (κ1) is 20.8. The lowest BCUT2D eigenvalue weighted by Gasteiger charge is -2.27. The van der Waals surface area contributed by atoms with Crippen molar-refractivity contribution in [3.8, 4) is 5.75 Å². The summed E-state index contributed by atoms with van der Waals surface area (Å²) in [6.07, 6.45) is 0. The molecule has 0 aliphatic heterocycles. The SMILES string of the molecule is CC(C)C(NC(=O)c1ccccc1)C(=O)N(C)CCOc1ccc(Cl)cc1. The number of carbonyl (C=O) groups is 2. The van der Waals surface area contributed by atoms with Crippen LogP contribution in [0, 0.1) is 5.92 Å². The molecule has 0 saturated carbocycles. The van der Waals surface area contributed by atoms with E-state index in [1.54, 1.807) is 60.5 Å². The third-order valence-electron chi connectivity index (χ3n) is 4.14. The van der Waals surface area contributed by atoms with Gasteiger partial charge in [-0.1, -0.05) is 43.6 Å². The highest BCUT2D eigenvalue weighted by molar-refractivity contribution is 6.30. The van der Waals surface area contributed by atoms with Crippen molar-refractivity contribution in [1.82, 2.24) is 10.2 Å². The topological polar surface area (TPSA) is 58.6 Å². The molecule has 0 saturated heterocycles. The number of hydrogen-bond acceptors (Lipinski definition) is 3. The molecule has 0 fully saturated rings. The van der Waals surface area contributed by atoms with Crippen molar-refractivity contribution < 1.29 is 14.3 Å². The molecule has 1 unspecified atom stereocenters. The summed E-state index contributed by atoms with van der Waals surface area (Å²) in [5.41, 5.74) is 0.532. The highest BCUT2D eigenvalue weighted by Gasteiger charge is 2.27. The van der Waals surface area contributed by atoms with Crippen LogP contribution in [0.1, 0.15) is 24.2 Å². The van der Waals surface area contributed by atoms with Gasteiger partial charge in [-0.2, -0.15) is 0 Å². The number of hydrogen-bond donors (Lipinski definition) is 1. The van der Waals surface area contributed by atoms with Crippen LogP contribution in [0.15, 0.2) is 54.6 Å². The molecule has 2 rings (SSSR count). The molecule has 144 valence electrons. The van der Waals surface area contributed by atoms with E-state index in [1.165, 1.54) is 0 Å². The average Bonchev–Trinajstić information content (AvgIpc) is 2.67. The monoisotopic (exact) mass is 388 g/mol. The van der Waals surface area contributed by atoms with Crippen LogP contribution in [-0.2, 0) is 4.79 Å². The fraction of sp³-hybridized carbons (Fsp3) is 0.333. The normalized spacial score (nSPS) is 11.7. The first-order valence-electron chi connectivity index (χ1n) is 8.87. The Bertz CT molecular complexity index is 748. The van der Waals surface area contributed by atoms with E-state index >= 15 is 0 Å². The molecule has 27 heavy (non-hydrogen) atoms. The maximum atomic E-state index is 12.8. The second-order valence-corrected chi connectivity index (χ2v) is 7.06. The van der Waals surface area contributed by atoms with Crippen LogP contribution < -0.4 is 10.1 Å². The minimum absolute atomic E-state index is 0.0372. The Kier molecular flexibility index (Phi) is 7.67. The van der Waals surface area contributed by atoms with Crippen LogP contribution in [0.2, 0.25) is 5.02 Å². The maximum Gasteiger partial charge on any atom is 0.251 e. The molecule has 2 amide bonds. The predicted molar refractivity (Wildman–Crippen MR) is 107 cm³/mol. The number of rotatable bonds is 8. The Balaban J connectivity index is 1.90. The summed E-state index contributed by atoms with van der Waals surface area (Å²) in [4.78, 5) is 26.7. The summed E-state index contributed by atoms with van der Waals surface area (Å²) < 4.78 is 5.63. The Morgan fingerprint density at radius 2 is 1.70 bits per heavy atom. The van der Waals surface area contributed by atoms with Crippen molar-refractivity contribution >= 4 is 23.4 Å². The van der Waals surface area contributed by atoms with Gasteiger partial charge in [-0.25, -0.2) is 0 Å². The highest BCUT2D eigenvalue weighted by atomic mass is 35.5. The molecule has 0 spiro atoms. The lowest BCUT2D eigenvalue weighted by atomic mass is 10.0. The Labute approximate surface area is 165 Å². The van der Waals surface area contributed by atoms with Crippen LogP contribution in [0.3, 0.4) is 0 Å².